The number of imidazole rings is 2. The molecule has 0 aliphatic rings. The monoisotopic (exact) mass is 277 g/mol. The van der Waals surface area contributed by atoms with Crippen LogP contribution in [0.5, 0.6) is 0 Å². The van der Waals surface area contributed by atoms with Crippen molar-refractivity contribution in [1.29, 1.82) is 0 Å². The number of benzene rings is 1. The van der Waals surface area contributed by atoms with Gasteiger partial charge in [0.05, 0.1) is 16.6 Å². The van der Waals surface area contributed by atoms with Gasteiger partial charge in [-0.3, -0.25) is 10.1 Å². The quantitative estimate of drug-likeness (QED) is 0.591. The van der Waals surface area contributed by atoms with Crippen LogP contribution in [0.25, 0.3) is 16.7 Å². The number of hydrogen-bond donors (Lipinski definition) is 2. The number of hydrogen-bond acceptors (Lipinski definition) is 3. The normalized spacial score (nSPS) is 11.0. The van der Waals surface area contributed by atoms with Crippen LogP contribution in [-0.2, 0) is 0 Å². The second kappa shape index (κ2) is 4.45. The van der Waals surface area contributed by atoms with Gasteiger partial charge in [-0.05, 0) is 24.3 Å². The molecule has 1 aromatic carbocycles. The van der Waals surface area contributed by atoms with Crippen molar-refractivity contribution in [3.05, 3.63) is 60.6 Å². The fourth-order valence-corrected chi connectivity index (χ4v) is 2.25. The van der Waals surface area contributed by atoms with Crippen molar-refractivity contribution in [2.45, 2.75) is 0 Å². The Morgan fingerprint density at radius 2 is 2.10 bits per heavy atom. The van der Waals surface area contributed by atoms with Gasteiger partial charge in [0, 0.05) is 18.6 Å². The molecular weight excluding hydrogens is 266 g/mol. The third-order valence-corrected chi connectivity index (χ3v) is 3.27. The number of carbonyl (C=O) groups excluding carboxylic acids is 1. The Hall–Kier alpha value is -3.15. The molecule has 4 aromatic rings. The number of carbonyl (C=O) groups is 1. The predicted octanol–water partition coefficient (Wildman–Crippen LogP) is 2.46. The minimum absolute atomic E-state index is 0.218. The number of para-hydroxylation sites is 2. The van der Waals surface area contributed by atoms with E-state index >= 15 is 0 Å². The van der Waals surface area contributed by atoms with Crippen molar-refractivity contribution >= 4 is 28.5 Å². The number of H-pyrrole nitrogens is 1. The third kappa shape index (κ3) is 2.02. The molecule has 0 atom stereocenters. The summed E-state index contributed by atoms with van der Waals surface area (Å²) >= 11 is 0. The first-order chi connectivity index (χ1) is 10.3. The van der Waals surface area contributed by atoms with Crippen molar-refractivity contribution in [1.82, 2.24) is 19.4 Å². The van der Waals surface area contributed by atoms with Gasteiger partial charge < -0.3 is 9.38 Å². The van der Waals surface area contributed by atoms with Gasteiger partial charge in [0.15, 0.2) is 0 Å². The zero-order valence-corrected chi connectivity index (χ0v) is 10.9. The largest absolute Gasteiger partial charge is 0.324 e. The van der Waals surface area contributed by atoms with Crippen LogP contribution in [0.3, 0.4) is 0 Å². The Bertz CT molecular complexity index is 920. The summed E-state index contributed by atoms with van der Waals surface area (Å²) in [4.78, 5) is 23.8. The first kappa shape index (κ1) is 11.7. The molecule has 0 spiro atoms. The highest BCUT2D eigenvalue weighted by Gasteiger charge is 2.10. The summed E-state index contributed by atoms with van der Waals surface area (Å²) in [7, 11) is 0. The summed E-state index contributed by atoms with van der Waals surface area (Å²) in [6, 6.07) is 11.2. The number of aromatic amines is 1. The van der Waals surface area contributed by atoms with E-state index in [0.29, 0.717) is 11.5 Å². The fourth-order valence-electron chi connectivity index (χ4n) is 2.25. The van der Waals surface area contributed by atoms with Gasteiger partial charge in [0.1, 0.15) is 5.65 Å². The van der Waals surface area contributed by atoms with E-state index in [1.807, 2.05) is 24.3 Å². The zero-order chi connectivity index (χ0) is 14.2. The van der Waals surface area contributed by atoms with Crippen LogP contribution in [0, 0.1) is 0 Å². The Kier molecular flexibility index (Phi) is 2.47. The lowest BCUT2D eigenvalue weighted by Gasteiger charge is -2.02. The summed E-state index contributed by atoms with van der Waals surface area (Å²) in [6.07, 6.45) is 5.23. The Labute approximate surface area is 119 Å². The lowest BCUT2D eigenvalue weighted by atomic mass is 10.2. The van der Waals surface area contributed by atoms with Crippen molar-refractivity contribution in [3.8, 4) is 0 Å². The minimum Gasteiger partial charge on any atom is -0.324 e. The van der Waals surface area contributed by atoms with Crippen LogP contribution < -0.4 is 5.32 Å². The molecular formula is C15H11N5O. The molecule has 102 valence electrons. The van der Waals surface area contributed by atoms with Crippen molar-refractivity contribution in [2.75, 3.05) is 5.32 Å². The molecule has 0 aliphatic carbocycles. The summed E-state index contributed by atoms with van der Waals surface area (Å²) in [5, 5.41) is 2.77. The molecule has 3 aromatic heterocycles. The van der Waals surface area contributed by atoms with E-state index in [2.05, 4.69) is 20.3 Å². The zero-order valence-electron chi connectivity index (χ0n) is 10.9. The number of rotatable bonds is 2. The molecule has 0 radical (unpaired) electrons. The molecule has 1 amide bonds. The minimum atomic E-state index is -0.218. The highest BCUT2D eigenvalue weighted by atomic mass is 16.1. The molecule has 3 heterocycles. The summed E-state index contributed by atoms with van der Waals surface area (Å²) in [5.41, 5.74) is 3.05. The van der Waals surface area contributed by atoms with Gasteiger partial charge in [0.25, 0.3) is 5.91 Å². The smallest absolute Gasteiger partial charge is 0.259 e. The highest BCUT2D eigenvalue weighted by molar-refractivity contribution is 6.03. The predicted molar refractivity (Wildman–Crippen MR) is 79.2 cm³/mol. The van der Waals surface area contributed by atoms with Crippen molar-refractivity contribution in [2.24, 2.45) is 0 Å². The first-order valence-corrected chi connectivity index (χ1v) is 6.48. The molecule has 0 fully saturated rings. The number of aromatic nitrogens is 4. The van der Waals surface area contributed by atoms with Gasteiger partial charge in [0.2, 0.25) is 5.95 Å². The SMILES string of the molecule is O=C(Nc1nc2ccccc2[nH]1)c1ccc2nccn2c1. The number of pyridine rings is 1. The first-order valence-electron chi connectivity index (χ1n) is 6.48. The van der Waals surface area contributed by atoms with Crippen LogP contribution in [-0.4, -0.2) is 25.3 Å². The molecule has 6 nitrogen and oxygen atoms in total. The second-order valence-corrected chi connectivity index (χ2v) is 4.67. The highest BCUT2D eigenvalue weighted by Crippen LogP contribution is 2.14. The number of amides is 1. The summed E-state index contributed by atoms with van der Waals surface area (Å²) in [6.45, 7) is 0. The summed E-state index contributed by atoms with van der Waals surface area (Å²) in [5.74, 6) is 0.219. The van der Waals surface area contributed by atoms with E-state index in [1.54, 1.807) is 35.1 Å². The average Bonchev–Trinajstić information content (AvgIpc) is 3.11. The van der Waals surface area contributed by atoms with Crippen molar-refractivity contribution in [3.63, 3.8) is 0 Å². The van der Waals surface area contributed by atoms with Gasteiger partial charge in [-0.2, -0.15) is 0 Å². The molecule has 0 unspecified atom stereocenters. The molecule has 6 heteroatoms. The molecule has 0 saturated heterocycles. The van der Waals surface area contributed by atoms with Crippen molar-refractivity contribution < 1.29 is 4.79 Å². The van der Waals surface area contributed by atoms with Gasteiger partial charge in [-0.1, -0.05) is 12.1 Å². The third-order valence-electron chi connectivity index (χ3n) is 3.27. The lowest BCUT2D eigenvalue weighted by Crippen LogP contribution is -2.13. The van der Waals surface area contributed by atoms with E-state index < -0.39 is 0 Å². The Morgan fingerprint density at radius 3 is 3.00 bits per heavy atom. The molecule has 4 rings (SSSR count). The van der Waals surface area contributed by atoms with E-state index in [4.69, 9.17) is 0 Å². The second-order valence-electron chi connectivity index (χ2n) is 4.67. The maximum Gasteiger partial charge on any atom is 0.259 e. The standard InChI is InChI=1S/C15H11N5O/c21-14(10-5-6-13-16-7-8-20(13)9-10)19-15-17-11-3-1-2-4-12(11)18-15/h1-9H,(H2,17,18,19,21). The average molecular weight is 277 g/mol. The van der Waals surface area contributed by atoms with Gasteiger partial charge in [-0.25, -0.2) is 9.97 Å². The fraction of sp³-hybridized carbons (Fsp3) is 0. The van der Waals surface area contributed by atoms with Crippen LogP contribution in [0.15, 0.2) is 55.0 Å². The van der Waals surface area contributed by atoms with E-state index in [1.165, 1.54) is 0 Å². The topological polar surface area (TPSA) is 75.1 Å². The van der Waals surface area contributed by atoms with Crippen LogP contribution in [0.2, 0.25) is 0 Å². The number of fused-ring (bicyclic) bond motifs is 2. The van der Waals surface area contributed by atoms with Gasteiger partial charge >= 0.3 is 0 Å². The van der Waals surface area contributed by atoms with Crippen LogP contribution >= 0.6 is 0 Å². The van der Waals surface area contributed by atoms with E-state index in [0.717, 1.165) is 16.7 Å². The molecule has 21 heavy (non-hydrogen) atoms. The number of nitrogens with one attached hydrogen (secondary N) is 2. The molecule has 0 aliphatic heterocycles. The Morgan fingerprint density at radius 1 is 1.19 bits per heavy atom. The number of nitrogens with zero attached hydrogens (tertiary/aromatic N) is 3. The number of anilines is 1. The molecule has 0 saturated carbocycles. The lowest BCUT2D eigenvalue weighted by molar-refractivity contribution is 0.102. The van der Waals surface area contributed by atoms with E-state index in [9.17, 15) is 4.79 Å². The Balaban J connectivity index is 1.64. The van der Waals surface area contributed by atoms with Crippen LogP contribution in [0.4, 0.5) is 5.95 Å². The summed E-state index contributed by atoms with van der Waals surface area (Å²) < 4.78 is 1.80. The molecule has 0 bridgehead atoms. The molecule has 2 N–H and O–H groups in total. The maximum atomic E-state index is 12.3. The van der Waals surface area contributed by atoms with Crippen LogP contribution in [0.1, 0.15) is 10.4 Å². The maximum absolute atomic E-state index is 12.3. The van der Waals surface area contributed by atoms with E-state index in [-0.39, 0.29) is 5.91 Å². The van der Waals surface area contributed by atoms with Gasteiger partial charge in [-0.15, -0.1) is 0 Å².